The fourth-order valence-electron chi connectivity index (χ4n) is 9.47. The molecule has 1 fully saturated rings. The van der Waals surface area contributed by atoms with Gasteiger partial charge in [0.25, 0.3) is 0 Å². The number of pyridine rings is 1. The monoisotopic (exact) mass is 652 g/mol. The number of hydrogen-bond acceptors (Lipinski definition) is 4. The first kappa shape index (κ1) is 32.1. The Kier molecular flexibility index (Phi) is 7.00. The van der Waals surface area contributed by atoms with Crippen molar-refractivity contribution in [3.8, 4) is 17.2 Å². The fraction of sp³-hybridized carbons (Fsp3) is 0.455. The highest BCUT2D eigenvalue weighted by molar-refractivity contribution is 6.10. The first-order valence-corrected chi connectivity index (χ1v) is 18.4. The Hall–Kier alpha value is -4.12. The number of fused-ring (bicyclic) bond motifs is 5. The van der Waals surface area contributed by atoms with Crippen molar-refractivity contribution in [2.24, 2.45) is 10.4 Å². The topological polar surface area (TPSA) is 42.6 Å². The second-order valence-corrected chi connectivity index (χ2v) is 17.3. The van der Waals surface area contributed by atoms with Gasteiger partial charge in [0.1, 0.15) is 23.0 Å². The predicted molar refractivity (Wildman–Crippen MR) is 204 cm³/mol. The van der Waals surface area contributed by atoms with Crippen LogP contribution >= 0.6 is 0 Å². The third-order valence-corrected chi connectivity index (χ3v) is 12.7. The lowest BCUT2D eigenvalue weighted by molar-refractivity contribution is 0.0331. The summed E-state index contributed by atoms with van der Waals surface area (Å²) in [6, 6.07) is 22.7. The van der Waals surface area contributed by atoms with E-state index < -0.39 is 0 Å². The average molecular weight is 653 g/mol. The van der Waals surface area contributed by atoms with Crippen LogP contribution in [-0.4, -0.2) is 37.4 Å². The second kappa shape index (κ2) is 10.7. The van der Waals surface area contributed by atoms with Crippen LogP contribution in [0.15, 0.2) is 71.9 Å². The number of rotatable bonds is 4. The summed E-state index contributed by atoms with van der Waals surface area (Å²) >= 11 is 0. The molecular weight excluding hydrogens is 601 g/mol. The van der Waals surface area contributed by atoms with Crippen LogP contribution in [0.1, 0.15) is 115 Å². The van der Waals surface area contributed by atoms with E-state index in [4.69, 9.17) is 14.7 Å². The van der Waals surface area contributed by atoms with E-state index in [1.165, 1.54) is 65.1 Å². The molecule has 1 saturated carbocycles. The fourth-order valence-corrected chi connectivity index (χ4v) is 9.47. The van der Waals surface area contributed by atoms with Crippen LogP contribution < -0.4 is 4.74 Å². The SMILES string of the molecule is Cc1cc(Oc2cc3c(cc2C)C(C)(C)c2cccc4c5cccnc5n-3c24)cc(C2=N[C@](C)(C(C)(C)C)C(C)(C)N2C2CCCCC2)c1. The Morgan fingerprint density at radius 1 is 0.816 bits per heavy atom. The summed E-state index contributed by atoms with van der Waals surface area (Å²) in [6.45, 7) is 23.3. The molecule has 0 spiro atoms. The summed E-state index contributed by atoms with van der Waals surface area (Å²) in [7, 11) is 0. The van der Waals surface area contributed by atoms with Gasteiger partial charge in [-0.05, 0) is 112 Å². The molecule has 1 aliphatic carbocycles. The van der Waals surface area contributed by atoms with E-state index in [0.717, 1.165) is 39.8 Å². The molecule has 254 valence electrons. The third-order valence-electron chi connectivity index (χ3n) is 12.7. The maximum atomic E-state index is 6.94. The lowest BCUT2D eigenvalue weighted by Crippen LogP contribution is -2.62. The molecule has 0 saturated heterocycles. The van der Waals surface area contributed by atoms with Gasteiger partial charge in [-0.1, -0.05) is 72.1 Å². The molecule has 4 heterocycles. The highest BCUT2D eigenvalue weighted by atomic mass is 16.5. The molecule has 8 rings (SSSR count). The smallest absolute Gasteiger partial charge is 0.145 e. The minimum atomic E-state index is -0.255. The van der Waals surface area contributed by atoms with E-state index in [9.17, 15) is 0 Å². The van der Waals surface area contributed by atoms with Crippen LogP contribution in [0, 0.1) is 19.3 Å². The van der Waals surface area contributed by atoms with Gasteiger partial charge in [-0.15, -0.1) is 0 Å². The zero-order valence-electron chi connectivity index (χ0n) is 31.2. The first-order valence-electron chi connectivity index (χ1n) is 18.4. The van der Waals surface area contributed by atoms with Gasteiger partial charge in [0.15, 0.2) is 0 Å². The van der Waals surface area contributed by atoms with Crippen molar-refractivity contribution in [1.29, 1.82) is 0 Å². The Morgan fingerprint density at radius 2 is 1.55 bits per heavy atom. The number of hydrogen-bond donors (Lipinski definition) is 0. The molecule has 1 atom stereocenters. The molecule has 5 nitrogen and oxygen atoms in total. The predicted octanol–water partition coefficient (Wildman–Crippen LogP) is 11.2. The van der Waals surface area contributed by atoms with Crippen molar-refractivity contribution in [2.75, 3.05) is 0 Å². The van der Waals surface area contributed by atoms with Gasteiger partial charge in [0, 0.05) is 40.1 Å². The minimum Gasteiger partial charge on any atom is -0.457 e. The average Bonchev–Trinajstić information content (AvgIpc) is 3.50. The van der Waals surface area contributed by atoms with Gasteiger partial charge < -0.3 is 9.64 Å². The number of aryl methyl sites for hydroxylation is 2. The van der Waals surface area contributed by atoms with Gasteiger partial charge in [-0.2, -0.15) is 0 Å². The summed E-state index contributed by atoms with van der Waals surface area (Å²) in [6.07, 6.45) is 8.26. The lowest BCUT2D eigenvalue weighted by atomic mass is 9.64. The maximum absolute atomic E-state index is 6.94. The van der Waals surface area contributed by atoms with Crippen molar-refractivity contribution in [2.45, 2.75) is 124 Å². The Morgan fingerprint density at radius 3 is 2.29 bits per heavy atom. The molecule has 0 radical (unpaired) electrons. The van der Waals surface area contributed by atoms with Crippen LogP contribution in [0.3, 0.4) is 0 Å². The Bertz CT molecular complexity index is 2170. The van der Waals surface area contributed by atoms with Gasteiger partial charge in [-0.3, -0.25) is 9.56 Å². The summed E-state index contributed by atoms with van der Waals surface area (Å²) in [5, 5.41) is 2.43. The van der Waals surface area contributed by atoms with Crippen LogP contribution in [0.25, 0.3) is 27.6 Å². The molecule has 2 aliphatic heterocycles. The van der Waals surface area contributed by atoms with Crippen molar-refractivity contribution in [1.82, 2.24) is 14.5 Å². The molecule has 0 amide bonds. The summed E-state index contributed by atoms with van der Waals surface area (Å²) in [5.74, 6) is 2.84. The number of benzene rings is 3. The normalized spacial score (nSPS) is 21.7. The molecule has 2 aromatic heterocycles. The molecule has 5 aromatic rings. The molecule has 3 aliphatic rings. The minimum absolute atomic E-state index is 0.0100. The summed E-state index contributed by atoms with van der Waals surface area (Å²) < 4.78 is 9.30. The highest BCUT2D eigenvalue weighted by Gasteiger charge is 2.59. The number of amidine groups is 1. The van der Waals surface area contributed by atoms with Crippen molar-refractivity contribution < 1.29 is 4.74 Å². The first-order chi connectivity index (χ1) is 23.1. The summed E-state index contributed by atoms with van der Waals surface area (Å²) in [5.41, 5.74) is 8.87. The molecule has 0 bridgehead atoms. The quantitative estimate of drug-likeness (QED) is 0.194. The maximum Gasteiger partial charge on any atom is 0.145 e. The highest BCUT2D eigenvalue weighted by Crippen LogP contribution is 2.52. The van der Waals surface area contributed by atoms with Gasteiger partial charge in [-0.25, -0.2) is 4.98 Å². The van der Waals surface area contributed by atoms with Crippen molar-refractivity contribution >= 4 is 27.8 Å². The zero-order chi connectivity index (χ0) is 34.7. The van der Waals surface area contributed by atoms with Crippen LogP contribution in [-0.2, 0) is 5.41 Å². The second-order valence-electron chi connectivity index (χ2n) is 17.3. The number of aromatic nitrogens is 2. The number of para-hydroxylation sites is 1. The van der Waals surface area contributed by atoms with Gasteiger partial charge in [0.05, 0.1) is 22.3 Å². The van der Waals surface area contributed by atoms with Crippen LogP contribution in [0.5, 0.6) is 11.5 Å². The number of nitrogens with zero attached hydrogens (tertiary/aromatic N) is 4. The van der Waals surface area contributed by atoms with Crippen LogP contribution in [0.2, 0.25) is 0 Å². The Balaban J connectivity index is 1.25. The van der Waals surface area contributed by atoms with Crippen molar-refractivity contribution in [3.05, 3.63) is 94.7 Å². The van der Waals surface area contributed by atoms with Gasteiger partial charge in [0.2, 0.25) is 0 Å². The molecule has 3 aromatic carbocycles. The molecule has 49 heavy (non-hydrogen) atoms. The van der Waals surface area contributed by atoms with Gasteiger partial charge >= 0.3 is 0 Å². The van der Waals surface area contributed by atoms with E-state index in [1.807, 2.05) is 12.3 Å². The molecule has 0 unspecified atom stereocenters. The van der Waals surface area contributed by atoms with E-state index >= 15 is 0 Å². The third kappa shape index (κ3) is 4.56. The number of ether oxygens (including phenoxy) is 1. The Labute approximate surface area is 292 Å². The van der Waals surface area contributed by atoms with E-state index in [0.29, 0.717) is 6.04 Å². The molecule has 0 N–H and O–H groups in total. The number of aliphatic imine (C=N–C) groups is 1. The van der Waals surface area contributed by atoms with E-state index in [-0.39, 0.29) is 21.9 Å². The lowest BCUT2D eigenvalue weighted by Gasteiger charge is -2.52. The van der Waals surface area contributed by atoms with Crippen molar-refractivity contribution in [3.63, 3.8) is 0 Å². The van der Waals surface area contributed by atoms with E-state index in [2.05, 4.69) is 133 Å². The standard InChI is InChI=1S/C44H52N4O/c1-27-22-29(39-46-44(10,41(3,4)5)43(8,9)48(39)30-16-12-11-13-17-30)25-31(23-27)49-37-26-36-35(24-28(37)2)42(6,7)34-20-14-18-32-33-19-15-21-45-40(33)47(36)38(32)34/h14-15,18-26,30H,11-13,16-17H2,1-10H3/t44-/m1/s1. The summed E-state index contributed by atoms with van der Waals surface area (Å²) in [4.78, 5) is 13.3. The molecule has 5 heteroatoms. The molecular formula is C44H52N4O. The van der Waals surface area contributed by atoms with Crippen LogP contribution in [0.4, 0.5) is 0 Å². The van der Waals surface area contributed by atoms with E-state index in [1.54, 1.807) is 0 Å². The largest absolute Gasteiger partial charge is 0.457 e. The zero-order valence-corrected chi connectivity index (χ0v) is 31.2.